The van der Waals surface area contributed by atoms with Gasteiger partial charge in [0.1, 0.15) is 11.2 Å². The van der Waals surface area contributed by atoms with Crippen molar-refractivity contribution in [2.24, 2.45) is 0 Å². The van der Waals surface area contributed by atoms with Crippen LogP contribution in [0.1, 0.15) is 0 Å². The topological polar surface area (TPSA) is 13.1 Å². The normalized spacial score (nSPS) is 12.2. The number of hydrogen-bond donors (Lipinski definition) is 0. The highest BCUT2D eigenvalue weighted by atomic mass is 32.1. The molecule has 0 unspecified atom stereocenters. The Labute approximate surface area is 279 Å². The van der Waals surface area contributed by atoms with Crippen LogP contribution in [0.2, 0.25) is 0 Å². The molecule has 0 aliphatic rings. The monoisotopic (exact) mass is 626 g/mol. The van der Waals surface area contributed by atoms with Gasteiger partial charge in [0, 0.05) is 30.9 Å². The van der Waals surface area contributed by atoms with Gasteiger partial charge < -0.3 is 4.42 Å². The van der Waals surface area contributed by atoms with Gasteiger partial charge in [-0.2, -0.15) is 0 Å². The van der Waals surface area contributed by atoms with E-state index in [0.29, 0.717) is 0 Å². The Kier molecular flexibility index (Phi) is 5.32. The molecular weight excluding hydrogens is 601 g/mol. The molecule has 0 N–H and O–H groups in total. The Bertz CT molecular complexity index is 3060. The van der Waals surface area contributed by atoms with Crippen LogP contribution >= 0.6 is 11.3 Å². The van der Waals surface area contributed by atoms with Crippen LogP contribution in [-0.4, -0.2) is 0 Å². The molecule has 0 fully saturated rings. The van der Waals surface area contributed by atoms with Crippen LogP contribution in [0.5, 0.6) is 0 Å². The summed E-state index contributed by atoms with van der Waals surface area (Å²) in [6.07, 6.45) is 0. The lowest BCUT2D eigenvalue weighted by atomic mass is 9.85. The Morgan fingerprint density at radius 1 is 0.333 bits per heavy atom. The van der Waals surface area contributed by atoms with Crippen LogP contribution in [-0.2, 0) is 0 Å². The molecule has 1 nitrogen and oxygen atoms in total. The Morgan fingerprint density at radius 2 is 0.938 bits per heavy atom. The van der Waals surface area contributed by atoms with Crippen molar-refractivity contribution in [1.29, 1.82) is 0 Å². The molecule has 0 aliphatic heterocycles. The maximum atomic E-state index is 6.23. The summed E-state index contributed by atoms with van der Waals surface area (Å²) in [5.74, 6) is 0. The molecule has 0 radical (unpaired) electrons. The summed E-state index contributed by atoms with van der Waals surface area (Å²) >= 11 is 1.88. The molecule has 0 spiro atoms. The number of fused-ring (bicyclic) bond motifs is 11. The second-order valence-corrected chi connectivity index (χ2v) is 13.9. The quantitative estimate of drug-likeness (QED) is 0.174. The molecule has 0 amide bonds. The van der Waals surface area contributed by atoms with Gasteiger partial charge in [-0.25, -0.2) is 0 Å². The van der Waals surface area contributed by atoms with Crippen molar-refractivity contribution in [2.75, 3.05) is 0 Å². The first-order valence-corrected chi connectivity index (χ1v) is 17.2. The van der Waals surface area contributed by atoms with Crippen LogP contribution in [0, 0.1) is 0 Å². The average molecular weight is 627 g/mol. The highest BCUT2D eigenvalue weighted by molar-refractivity contribution is 7.26. The second-order valence-electron chi connectivity index (χ2n) is 12.8. The largest absolute Gasteiger partial charge is 0.456 e. The Hall–Kier alpha value is -5.96. The van der Waals surface area contributed by atoms with Gasteiger partial charge in [0.25, 0.3) is 0 Å². The maximum Gasteiger partial charge on any atom is 0.136 e. The number of para-hydroxylation sites is 1. The van der Waals surface area contributed by atoms with Gasteiger partial charge in [0.2, 0.25) is 0 Å². The first-order chi connectivity index (χ1) is 23.8. The van der Waals surface area contributed by atoms with Crippen LogP contribution in [0.15, 0.2) is 162 Å². The smallest absolute Gasteiger partial charge is 0.136 e. The van der Waals surface area contributed by atoms with E-state index in [1.165, 1.54) is 96.3 Å². The second kappa shape index (κ2) is 9.78. The SMILES string of the molecule is c1ccc2cc(-c3c4ccccc4c(-c4ccc5c(c4)sc4ccc6cc7oc8ccccc8c7cc6c45)c4ccccc34)ccc2c1. The number of hydrogen-bond acceptors (Lipinski definition) is 2. The molecule has 2 aromatic heterocycles. The van der Waals surface area contributed by atoms with Crippen LogP contribution in [0.4, 0.5) is 0 Å². The number of benzene rings is 9. The van der Waals surface area contributed by atoms with Crippen molar-refractivity contribution in [3.8, 4) is 22.3 Å². The molecule has 0 aliphatic carbocycles. The fraction of sp³-hybridized carbons (Fsp3) is 0. The van der Waals surface area contributed by atoms with Gasteiger partial charge in [-0.3, -0.25) is 0 Å². The molecule has 11 rings (SSSR count). The summed E-state index contributed by atoms with van der Waals surface area (Å²) in [7, 11) is 0. The van der Waals surface area contributed by atoms with E-state index in [1.54, 1.807) is 0 Å². The summed E-state index contributed by atoms with van der Waals surface area (Å²) < 4.78 is 8.85. The predicted molar refractivity (Wildman–Crippen MR) is 208 cm³/mol. The molecule has 48 heavy (non-hydrogen) atoms. The maximum absolute atomic E-state index is 6.23. The van der Waals surface area contributed by atoms with E-state index >= 15 is 0 Å². The third-order valence-electron chi connectivity index (χ3n) is 10.2. The number of rotatable bonds is 2. The first kappa shape index (κ1) is 26.1. The van der Waals surface area contributed by atoms with Gasteiger partial charge in [-0.05, 0) is 102 Å². The van der Waals surface area contributed by atoms with Gasteiger partial charge in [0.15, 0.2) is 0 Å². The molecule has 11 aromatic rings. The minimum absolute atomic E-state index is 0.935. The lowest BCUT2D eigenvalue weighted by molar-refractivity contribution is 0.669. The first-order valence-electron chi connectivity index (χ1n) is 16.4. The summed E-state index contributed by atoms with van der Waals surface area (Å²) in [6.45, 7) is 0. The Morgan fingerprint density at radius 3 is 1.69 bits per heavy atom. The number of thiophene rings is 1. The highest BCUT2D eigenvalue weighted by Gasteiger charge is 2.19. The van der Waals surface area contributed by atoms with E-state index in [1.807, 2.05) is 17.4 Å². The van der Waals surface area contributed by atoms with Crippen LogP contribution in [0.25, 0.3) is 107 Å². The minimum atomic E-state index is 0.935. The fourth-order valence-electron chi connectivity index (χ4n) is 8.07. The third-order valence-corrected chi connectivity index (χ3v) is 11.3. The highest BCUT2D eigenvalue weighted by Crippen LogP contribution is 2.47. The van der Waals surface area contributed by atoms with E-state index in [2.05, 4.69) is 152 Å². The molecule has 2 heteroatoms. The van der Waals surface area contributed by atoms with E-state index in [4.69, 9.17) is 4.42 Å². The zero-order valence-electron chi connectivity index (χ0n) is 25.8. The van der Waals surface area contributed by atoms with Crippen molar-refractivity contribution in [1.82, 2.24) is 0 Å². The zero-order chi connectivity index (χ0) is 31.3. The van der Waals surface area contributed by atoms with Gasteiger partial charge in [-0.1, -0.05) is 121 Å². The molecule has 2 heterocycles. The molecule has 0 saturated carbocycles. The lowest BCUT2D eigenvalue weighted by Crippen LogP contribution is -1.90. The average Bonchev–Trinajstić information content (AvgIpc) is 3.70. The van der Waals surface area contributed by atoms with Crippen molar-refractivity contribution in [2.45, 2.75) is 0 Å². The van der Waals surface area contributed by atoms with E-state index in [0.717, 1.165) is 11.2 Å². The summed E-state index contributed by atoms with van der Waals surface area (Å²) in [5, 5.41) is 15.1. The minimum Gasteiger partial charge on any atom is -0.456 e. The standard InChI is InChI=1S/C46H26OS/c1-2-10-28-23-30(18-17-27(28)9-1)44-33-12-3-5-14-35(33)45(36-15-6-4-13-34(36)44)31-19-21-37-43(25-31)48-42-22-20-29-24-41-39(26-38(29)46(37)42)32-11-7-8-16-40(32)47-41/h1-26H. The summed E-state index contributed by atoms with van der Waals surface area (Å²) in [5.41, 5.74) is 6.96. The Balaban J connectivity index is 1.17. The van der Waals surface area contributed by atoms with Crippen molar-refractivity contribution in [3.63, 3.8) is 0 Å². The molecule has 9 aromatic carbocycles. The van der Waals surface area contributed by atoms with Gasteiger partial charge >= 0.3 is 0 Å². The van der Waals surface area contributed by atoms with Gasteiger partial charge in [-0.15, -0.1) is 11.3 Å². The molecule has 0 saturated heterocycles. The van der Waals surface area contributed by atoms with E-state index in [-0.39, 0.29) is 0 Å². The molecule has 222 valence electrons. The number of furan rings is 1. The molecule has 0 atom stereocenters. The zero-order valence-corrected chi connectivity index (χ0v) is 26.6. The summed E-state index contributed by atoms with van der Waals surface area (Å²) in [6, 6.07) is 57.9. The van der Waals surface area contributed by atoms with Crippen molar-refractivity contribution >= 4 is 96.5 Å². The molecular formula is C46H26OS. The summed E-state index contributed by atoms with van der Waals surface area (Å²) in [4.78, 5) is 0. The van der Waals surface area contributed by atoms with Gasteiger partial charge in [0.05, 0.1) is 0 Å². The van der Waals surface area contributed by atoms with E-state index in [9.17, 15) is 0 Å². The van der Waals surface area contributed by atoms with E-state index < -0.39 is 0 Å². The van der Waals surface area contributed by atoms with Crippen molar-refractivity contribution < 1.29 is 4.42 Å². The lowest BCUT2D eigenvalue weighted by Gasteiger charge is -2.18. The fourth-order valence-corrected chi connectivity index (χ4v) is 9.23. The molecule has 0 bridgehead atoms. The third kappa shape index (κ3) is 3.66. The predicted octanol–water partition coefficient (Wildman–Crippen LogP) is 13.9. The van der Waals surface area contributed by atoms with Crippen LogP contribution in [0.3, 0.4) is 0 Å². The van der Waals surface area contributed by atoms with Crippen LogP contribution < -0.4 is 0 Å². The van der Waals surface area contributed by atoms with Crippen molar-refractivity contribution in [3.05, 3.63) is 158 Å².